The molecular formula is C16H26ClNO. The van der Waals surface area contributed by atoms with Crippen LogP contribution in [0.2, 0.25) is 5.02 Å². The first-order chi connectivity index (χ1) is 8.87. The summed E-state index contributed by atoms with van der Waals surface area (Å²) in [4.78, 5) is 0. The SMILES string of the molecule is CCC(CC)Oc1cccc(Cl)c1CNC(C)(C)C. The van der Waals surface area contributed by atoms with Gasteiger partial charge in [0.05, 0.1) is 6.10 Å². The minimum Gasteiger partial charge on any atom is -0.490 e. The summed E-state index contributed by atoms with van der Waals surface area (Å²) in [7, 11) is 0. The normalized spacial score (nSPS) is 11.9. The highest BCUT2D eigenvalue weighted by Gasteiger charge is 2.15. The molecule has 1 aromatic carbocycles. The zero-order chi connectivity index (χ0) is 14.5. The van der Waals surface area contributed by atoms with Crippen molar-refractivity contribution in [3.8, 4) is 5.75 Å². The molecule has 108 valence electrons. The lowest BCUT2D eigenvalue weighted by Crippen LogP contribution is -2.35. The van der Waals surface area contributed by atoms with Crippen LogP contribution in [0.1, 0.15) is 53.0 Å². The van der Waals surface area contributed by atoms with Gasteiger partial charge in [-0.15, -0.1) is 0 Å². The van der Waals surface area contributed by atoms with Crippen molar-refractivity contribution in [1.29, 1.82) is 0 Å². The Bertz CT molecular complexity index is 394. The Morgan fingerprint density at radius 3 is 2.37 bits per heavy atom. The van der Waals surface area contributed by atoms with Crippen molar-refractivity contribution < 1.29 is 4.74 Å². The van der Waals surface area contributed by atoms with Crippen molar-refractivity contribution in [2.75, 3.05) is 0 Å². The van der Waals surface area contributed by atoms with Gasteiger partial charge in [0.1, 0.15) is 5.75 Å². The summed E-state index contributed by atoms with van der Waals surface area (Å²) < 4.78 is 6.07. The van der Waals surface area contributed by atoms with Crippen molar-refractivity contribution >= 4 is 11.6 Å². The van der Waals surface area contributed by atoms with Crippen molar-refractivity contribution in [3.05, 3.63) is 28.8 Å². The van der Waals surface area contributed by atoms with Gasteiger partial charge in [-0.1, -0.05) is 31.5 Å². The molecule has 0 unspecified atom stereocenters. The Morgan fingerprint density at radius 2 is 1.84 bits per heavy atom. The van der Waals surface area contributed by atoms with E-state index in [0.29, 0.717) is 0 Å². The maximum atomic E-state index is 6.31. The number of rotatable bonds is 6. The predicted octanol–water partition coefficient (Wildman–Crippen LogP) is 4.80. The summed E-state index contributed by atoms with van der Waals surface area (Å²) in [6, 6.07) is 5.87. The molecule has 1 aromatic rings. The minimum absolute atomic E-state index is 0.0609. The molecule has 0 aliphatic carbocycles. The van der Waals surface area contributed by atoms with Crippen molar-refractivity contribution in [1.82, 2.24) is 5.32 Å². The van der Waals surface area contributed by atoms with Gasteiger partial charge in [-0.05, 0) is 45.7 Å². The fourth-order valence-electron chi connectivity index (χ4n) is 1.81. The van der Waals surface area contributed by atoms with Crippen molar-refractivity contribution in [2.45, 2.75) is 65.6 Å². The molecule has 0 radical (unpaired) electrons. The lowest BCUT2D eigenvalue weighted by atomic mass is 10.1. The monoisotopic (exact) mass is 283 g/mol. The highest BCUT2D eigenvalue weighted by Crippen LogP contribution is 2.28. The lowest BCUT2D eigenvalue weighted by Gasteiger charge is -2.23. The number of hydrogen-bond donors (Lipinski definition) is 1. The van der Waals surface area contributed by atoms with E-state index in [0.717, 1.165) is 35.7 Å². The van der Waals surface area contributed by atoms with E-state index in [1.807, 2.05) is 18.2 Å². The number of halogens is 1. The molecule has 19 heavy (non-hydrogen) atoms. The molecule has 0 aliphatic heterocycles. The molecule has 0 amide bonds. The van der Waals surface area contributed by atoms with Crippen LogP contribution in [-0.2, 0) is 6.54 Å². The van der Waals surface area contributed by atoms with E-state index >= 15 is 0 Å². The van der Waals surface area contributed by atoms with Gasteiger partial charge in [0.15, 0.2) is 0 Å². The van der Waals surface area contributed by atoms with Crippen LogP contribution < -0.4 is 10.1 Å². The van der Waals surface area contributed by atoms with E-state index in [9.17, 15) is 0 Å². The third kappa shape index (κ3) is 5.42. The largest absolute Gasteiger partial charge is 0.490 e. The minimum atomic E-state index is 0.0609. The summed E-state index contributed by atoms with van der Waals surface area (Å²) in [5.41, 5.74) is 1.11. The van der Waals surface area contributed by atoms with Crippen LogP contribution >= 0.6 is 11.6 Å². The number of hydrogen-bond acceptors (Lipinski definition) is 2. The number of ether oxygens (including phenoxy) is 1. The Labute approximate surface area is 122 Å². The Morgan fingerprint density at radius 1 is 1.21 bits per heavy atom. The molecular weight excluding hydrogens is 258 g/mol. The van der Waals surface area contributed by atoms with E-state index in [4.69, 9.17) is 16.3 Å². The van der Waals surface area contributed by atoms with Crippen LogP contribution in [0.4, 0.5) is 0 Å². The molecule has 0 atom stereocenters. The molecule has 0 heterocycles. The van der Waals surface area contributed by atoms with E-state index in [1.165, 1.54) is 0 Å². The fourth-order valence-corrected chi connectivity index (χ4v) is 2.04. The first-order valence-electron chi connectivity index (χ1n) is 7.06. The Kier molecular flexibility index (Phi) is 6.15. The first kappa shape index (κ1) is 16.3. The predicted molar refractivity (Wildman–Crippen MR) is 83.0 cm³/mol. The first-order valence-corrected chi connectivity index (χ1v) is 7.44. The summed E-state index contributed by atoms with van der Waals surface area (Å²) in [6.07, 6.45) is 2.27. The third-order valence-corrected chi connectivity index (χ3v) is 3.43. The molecule has 0 bridgehead atoms. The molecule has 0 saturated carbocycles. The van der Waals surface area contributed by atoms with Crippen LogP contribution in [0.15, 0.2) is 18.2 Å². The van der Waals surface area contributed by atoms with Crippen LogP contribution in [-0.4, -0.2) is 11.6 Å². The van der Waals surface area contributed by atoms with Gasteiger partial charge < -0.3 is 10.1 Å². The topological polar surface area (TPSA) is 21.3 Å². The quantitative estimate of drug-likeness (QED) is 0.810. The van der Waals surface area contributed by atoms with Crippen molar-refractivity contribution in [2.24, 2.45) is 0 Å². The average Bonchev–Trinajstić information content (AvgIpc) is 2.33. The van der Waals surface area contributed by atoms with E-state index in [1.54, 1.807) is 0 Å². The van der Waals surface area contributed by atoms with Gasteiger partial charge >= 0.3 is 0 Å². The van der Waals surface area contributed by atoms with Crippen LogP contribution in [0.3, 0.4) is 0 Å². The lowest BCUT2D eigenvalue weighted by molar-refractivity contribution is 0.190. The smallest absolute Gasteiger partial charge is 0.125 e. The maximum Gasteiger partial charge on any atom is 0.125 e. The second-order valence-corrected chi connectivity index (χ2v) is 6.28. The zero-order valence-electron chi connectivity index (χ0n) is 12.7. The van der Waals surface area contributed by atoms with Crippen LogP contribution in [0.5, 0.6) is 5.75 Å². The molecule has 0 aliphatic rings. The van der Waals surface area contributed by atoms with Gasteiger partial charge in [0, 0.05) is 22.7 Å². The fraction of sp³-hybridized carbons (Fsp3) is 0.625. The molecule has 3 heteroatoms. The van der Waals surface area contributed by atoms with Crippen LogP contribution in [0, 0.1) is 0 Å². The highest BCUT2D eigenvalue weighted by atomic mass is 35.5. The second-order valence-electron chi connectivity index (χ2n) is 5.88. The van der Waals surface area contributed by atoms with Crippen molar-refractivity contribution in [3.63, 3.8) is 0 Å². The standard InChI is InChI=1S/C16H26ClNO/c1-6-12(7-2)19-15-10-8-9-14(17)13(15)11-18-16(3,4)5/h8-10,12,18H,6-7,11H2,1-5H3. The molecule has 0 saturated heterocycles. The summed E-state index contributed by atoms with van der Waals surface area (Å²) in [6.45, 7) is 11.4. The Hall–Kier alpha value is -0.730. The van der Waals surface area contributed by atoms with Gasteiger partial charge in [0.2, 0.25) is 0 Å². The number of benzene rings is 1. The van der Waals surface area contributed by atoms with Crippen LogP contribution in [0.25, 0.3) is 0 Å². The molecule has 1 N–H and O–H groups in total. The van der Waals surface area contributed by atoms with Gasteiger partial charge in [-0.25, -0.2) is 0 Å². The molecule has 0 aromatic heterocycles. The number of nitrogens with one attached hydrogen (secondary N) is 1. The highest BCUT2D eigenvalue weighted by molar-refractivity contribution is 6.31. The zero-order valence-corrected chi connectivity index (χ0v) is 13.5. The maximum absolute atomic E-state index is 6.31. The van der Waals surface area contributed by atoms with Gasteiger partial charge in [-0.2, -0.15) is 0 Å². The second kappa shape index (κ2) is 7.16. The average molecular weight is 284 g/mol. The van der Waals surface area contributed by atoms with E-state index in [-0.39, 0.29) is 11.6 Å². The molecule has 1 rings (SSSR count). The van der Waals surface area contributed by atoms with E-state index in [2.05, 4.69) is 39.9 Å². The van der Waals surface area contributed by atoms with Gasteiger partial charge in [0.25, 0.3) is 0 Å². The molecule has 2 nitrogen and oxygen atoms in total. The summed E-state index contributed by atoms with van der Waals surface area (Å²) in [5.74, 6) is 0.901. The summed E-state index contributed by atoms with van der Waals surface area (Å²) in [5, 5.41) is 4.23. The Balaban J connectivity index is 2.88. The van der Waals surface area contributed by atoms with E-state index < -0.39 is 0 Å². The summed E-state index contributed by atoms with van der Waals surface area (Å²) >= 11 is 6.31. The third-order valence-electron chi connectivity index (χ3n) is 3.08. The molecule has 0 fully saturated rings. The van der Waals surface area contributed by atoms with Gasteiger partial charge in [-0.3, -0.25) is 0 Å². The molecule has 0 spiro atoms.